The molecule has 5 nitrogen and oxygen atoms in total. The van der Waals surface area contributed by atoms with Crippen molar-refractivity contribution in [3.8, 4) is 17.7 Å². The predicted molar refractivity (Wildman–Crippen MR) is 73.7 cm³/mol. The lowest BCUT2D eigenvalue weighted by Gasteiger charge is -2.06. The van der Waals surface area contributed by atoms with Gasteiger partial charge >= 0.3 is 0 Å². The van der Waals surface area contributed by atoms with Crippen molar-refractivity contribution in [2.75, 3.05) is 6.54 Å². The Morgan fingerprint density at radius 3 is 2.75 bits per heavy atom. The molecule has 1 amide bonds. The fourth-order valence-electron chi connectivity index (χ4n) is 1.43. The van der Waals surface area contributed by atoms with Gasteiger partial charge < -0.3 is 10.1 Å². The molecule has 0 aliphatic carbocycles. The van der Waals surface area contributed by atoms with Crippen LogP contribution in [0.1, 0.15) is 10.5 Å². The molecule has 0 aliphatic rings. The number of pyridine rings is 1. The van der Waals surface area contributed by atoms with Crippen LogP contribution in [0.3, 0.4) is 0 Å². The first-order chi connectivity index (χ1) is 9.69. The molecule has 0 spiro atoms. The number of nitriles is 1. The normalized spacial score (nSPS) is 9.60. The van der Waals surface area contributed by atoms with Gasteiger partial charge in [-0.3, -0.25) is 4.79 Å². The van der Waals surface area contributed by atoms with E-state index in [1.54, 1.807) is 42.5 Å². The first-order valence-electron chi connectivity index (χ1n) is 5.74. The quantitative estimate of drug-likeness (QED) is 0.877. The van der Waals surface area contributed by atoms with Gasteiger partial charge in [-0.2, -0.15) is 5.26 Å². The van der Waals surface area contributed by atoms with Crippen LogP contribution < -0.4 is 10.1 Å². The van der Waals surface area contributed by atoms with Crippen LogP contribution in [0.5, 0.6) is 11.6 Å². The van der Waals surface area contributed by atoms with Crippen LogP contribution in [0.4, 0.5) is 0 Å². The number of ether oxygens (including phenoxy) is 1. The van der Waals surface area contributed by atoms with Crippen molar-refractivity contribution in [1.82, 2.24) is 10.3 Å². The Labute approximate surface area is 120 Å². The highest BCUT2D eigenvalue weighted by Crippen LogP contribution is 2.21. The van der Waals surface area contributed by atoms with Crippen molar-refractivity contribution in [3.05, 3.63) is 53.2 Å². The van der Waals surface area contributed by atoms with Gasteiger partial charge in [-0.25, -0.2) is 4.98 Å². The Morgan fingerprint density at radius 1 is 1.30 bits per heavy atom. The highest BCUT2D eigenvalue weighted by molar-refractivity contribution is 6.30. The maximum Gasteiger partial charge on any atom is 0.270 e. The summed E-state index contributed by atoms with van der Waals surface area (Å²) < 4.78 is 5.51. The molecule has 0 fully saturated rings. The molecule has 1 heterocycles. The van der Waals surface area contributed by atoms with Gasteiger partial charge in [0.15, 0.2) is 0 Å². The van der Waals surface area contributed by atoms with Crippen LogP contribution in [-0.4, -0.2) is 17.4 Å². The summed E-state index contributed by atoms with van der Waals surface area (Å²) in [6.45, 7) is -0.0667. The minimum absolute atomic E-state index is 0.0667. The number of aromatic nitrogens is 1. The monoisotopic (exact) mass is 287 g/mol. The number of amides is 1. The third kappa shape index (κ3) is 3.70. The average molecular weight is 288 g/mol. The van der Waals surface area contributed by atoms with Gasteiger partial charge in [0.05, 0.1) is 6.07 Å². The lowest BCUT2D eigenvalue weighted by Crippen LogP contribution is -2.24. The SMILES string of the molecule is N#CCNC(=O)c1cccc(Oc2ccc(Cl)cc2)n1. The average Bonchev–Trinajstić information content (AvgIpc) is 2.47. The third-order valence-electron chi connectivity index (χ3n) is 2.32. The van der Waals surface area contributed by atoms with E-state index < -0.39 is 5.91 Å². The zero-order valence-corrected chi connectivity index (χ0v) is 11.1. The van der Waals surface area contributed by atoms with E-state index in [9.17, 15) is 4.79 Å². The maximum absolute atomic E-state index is 11.7. The Balaban J connectivity index is 2.11. The summed E-state index contributed by atoms with van der Waals surface area (Å²) in [5.41, 5.74) is 0.187. The number of halogens is 1. The molecule has 2 rings (SSSR count). The summed E-state index contributed by atoms with van der Waals surface area (Å²) in [5.74, 6) is 0.432. The molecule has 0 unspecified atom stereocenters. The molecule has 0 bridgehead atoms. The summed E-state index contributed by atoms with van der Waals surface area (Å²) in [7, 11) is 0. The van der Waals surface area contributed by atoms with Crippen molar-refractivity contribution >= 4 is 17.5 Å². The van der Waals surface area contributed by atoms with E-state index in [4.69, 9.17) is 21.6 Å². The number of hydrogen-bond acceptors (Lipinski definition) is 4. The Bertz CT molecular complexity index is 650. The molecule has 6 heteroatoms. The molecular weight excluding hydrogens is 278 g/mol. The Kier molecular flexibility index (Phi) is 4.53. The van der Waals surface area contributed by atoms with Crippen LogP contribution >= 0.6 is 11.6 Å². The number of benzene rings is 1. The molecule has 1 N–H and O–H groups in total. The largest absolute Gasteiger partial charge is 0.439 e. The van der Waals surface area contributed by atoms with Gasteiger partial charge in [-0.05, 0) is 30.3 Å². The van der Waals surface area contributed by atoms with Crippen LogP contribution in [0.2, 0.25) is 5.02 Å². The zero-order chi connectivity index (χ0) is 14.4. The van der Waals surface area contributed by atoms with Crippen LogP contribution in [-0.2, 0) is 0 Å². The Hall–Kier alpha value is -2.58. The number of hydrogen-bond donors (Lipinski definition) is 1. The lowest BCUT2D eigenvalue weighted by molar-refractivity contribution is 0.0953. The second kappa shape index (κ2) is 6.55. The summed E-state index contributed by atoms with van der Waals surface area (Å²) in [4.78, 5) is 15.7. The number of rotatable bonds is 4. The Morgan fingerprint density at radius 2 is 2.05 bits per heavy atom. The van der Waals surface area contributed by atoms with E-state index in [-0.39, 0.29) is 18.1 Å². The van der Waals surface area contributed by atoms with Gasteiger partial charge in [-0.1, -0.05) is 17.7 Å². The lowest BCUT2D eigenvalue weighted by atomic mass is 10.3. The molecule has 1 aromatic carbocycles. The first-order valence-corrected chi connectivity index (χ1v) is 6.12. The molecule has 100 valence electrons. The molecule has 1 aromatic heterocycles. The first kappa shape index (κ1) is 13.8. The molecule has 0 radical (unpaired) electrons. The minimum atomic E-state index is -0.423. The molecular formula is C14H10ClN3O2. The molecule has 20 heavy (non-hydrogen) atoms. The zero-order valence-electron chi connectivity index (χ0n) is 10.3. The number of carbonyl (C=O) groups is 1. The van der Waals surface area contributed by atoms with Crippen molar-refractivity contribution in [2.45, 2.75) is 0 Å². The smallest absolute Gasteiger partial charge is 0.270 e. The van der Waals surface area contributed by atoms with Gasteiger partial charge in [0, 0.05) is 11.1 Å². The van der Waals surface area contributed by atoms with Crippen LogP contribution in [0, 0.1) is 11.3 Å². The molecule has 0 saturated carbocycles. The van der Waals surface area contributed by atoms with E-state index in [0.29, 0.717) is 10.8 Å². The topological polar surface area (TPSA) is 75.0 Å². The fraction of sp³-hybridized carbons (Fsp3) is 0.0714. The van der Waals surface area contributed by atoms with Gasteiger partial charge in [0.25, 0.3) is 5.91 Å². The van der Waals surface area contributed by atoms with Crippen molar-refractivity contribution in [2.24, 2.45) is 0 Å². The fourth-order valence-corrected chi connectivity index (χ4v) is 1.56. The summed E-state index contributed by atoms with van der Waals surface area (Å²) in [5, 5.41) is 11.4. The summed E-state index contributed by atoms with van der Waals surface area (Å²) >= 11 is 5.78. The highest BCUT2D eigenvalue weighted by atomic mass is 35.5. The van der Waals surface area contributed by atoms with E-state index >= 15 is 0 Å². The maximum atomic E-state index is 11.7. The van der Waals surface area contributed by atoms with Crippen LogP contribution in [0.25, 0.3) is 0 Å². The second-order valence-corrected chi connectivity index (χ2v) is 4.19. The molecule has 0 saturated heterocycles. The number of nitrogens with zero attached hydrogens (tertiary/aromatic N) is 2. The van der Waals surface area contributed by atoms with E-state index in [1.165, 1.54) is 0 Å². The minimum Gasteiger partial charge on any atom is -0.439 e. The van der Waals surface area contributed by atoms with Gasteiger partial charge in [-0.15, -0.1) is 0 Å². The van der Waals surface area contributed by atoms with Crippen molar-refractivity contribution in [1.29, 1.82) is 5.26 Å². The van der Waals surface area contributed by atoms with Gasteiger partial charge in [0.1, 0.15) is 18.0 Å². The second-order valence-electron chi connectivity index (χ2n) is 3.76. The summed E-state index contributed by atoms with van der Waals surface area (Å²) in [6, 6.07) is 13.4. The predicted octanol–water partition coefficient (Wildman–Crippen LogP) is 2.78. The van der Waals surface area contributed by atoms with Crippen molar-refractivity contribution in [3.63, 3.8) is 0 Å². The number of carbonyl (C=O) groups excluding carboxylic acids is 1. The molecule has 0 atom stereocenters. The molecule has 2 aromatic rings. The molecule has 0 aliphatic heterocycles. The number of nitrogens with one attached hydrogen (secondary N) is 1. The van der Waals surface area contributed by atoms with Crippen LogP contribution in [0.15, 0.2) is 42.5 Å². The van der Waals surface area contributed by atoms with E-state index in [1.807, 2.05) is 6.07 Å². The standard InChI is InChI=1S/C14H10ClN3O2/c15-10-4-6-11(7-5-10)20-13-3-1-2-12(18-13)14(19)17-9-8-16/h1-7H,9H2,(H,17,19). The summed E-state index contributed by atoms with van der Waals surface area (Å²) in [6.07, 6.45) is 0. The van der Waals surface area contributed by atoms with Gasteiger partial charge in [0.2, 0.25) is 5.88 Å². The third-order valence-corrected chi connectivity index (χ3v) is 2.57. The van der Waals surface area contributed by atoms with Crippen molar-refractivity contribution < 1.29 is 9.53 Å². The highest BCUT2D eigenvalue weighted by Gasteiger charge is 2.08. The van der Waals surface area contributed by atoms with E-state index in [2.05, 4.69) is 10.3 Å². The van der Waals surface area contributed by atoms with E-state index in [0.717, 1.165) is 0 Å².